The zero-order valence-electron chi connectivity index (χ0n) is 16.2. The second-order valence-corrected chi connectivity index (χ2v) is 6.87. The molecule has 1 aliphatic rings. The number of ether oxygens (including phenoxy) is 1. The molecule has 0 spiro atoms. The summed E-state index contributed by atoms with van der Waals surface area (Å²) in [6.07, 6.45) is 0.622. The number of para-hydroxylation sites is 1. The minimum atomic E-state index is -0.536. The summed E-state index contributed by atoms with van der Waals surface area (Å²) in [5.41, 5.74) is 2.09. The second-order valence-electron chi connectivity index (χ2n) is 6.87. The van der Waals surface area contributed by atoms with Gasteiger partial charge in [0.15, 0.2) is 0 Å². The summed E-state index contributed by atoms with van der Waals surface area (Å²) in [6.45, 7) is 0.341. The van der Waals surface area contributed by atoms with Crippen LogP contribution in [-0.2, 0) is 20.9 Å². The van der Waals surface area contributed by atoms with Crippen LogP contribution in [0.25, 0.3) is 10.9 Å². The van der Waals surface area contributed by atoms with Gasteiger partial charge in [0, 0.05) is 12.8 Å². The molecule has 0 aliphatic carbocycles. The Morgan fingerprint density at radius 3 is 2.63 bits per heavy atom. The van der Waals surface area contributed by atoms with Gasteiger partial charge in [-0.25, -0.2) is 9.99 Å². The number of hydrogen-bond donors (Lipinski definition) is 1. The van der Waals surface area contributed by atoms with Crippen molar-refractivity contribution in [2.75, 3.05) is 6.54 Å². The number of amides is 1. The molecular weight excluding hydrogens is 384 g/mol. The molecule has 2 aromatic carbocycles. The standard InChI is InChI=1S/C22H20N4O4/c27-20(26-13-12-17(25-26)15-6-2-1-3-7-15)10-11-21(28)30-14-19-23-18-9-5-4-8-16(18)22(29)24-19/h1-9H,10-14H2,(H,23,24,29). The van der Waals surface area contributed by atoms with Gasteiger partial charge in [-0.1, -0.05) is 42.5 Å². The molecule has 1 aliphatic heterocycles. The van der Waals surface area contributed by atoms with Gasteiger partial charge in [0.25, 0.3) is 5.56 Å². The fourth-order valence-corrected chi connectivity index (χ4v) is 3.23. The summed E-state index contributed by atoms with van der Waals surface area (Å²) >= 11 is 0. The van der Waals surface area contributed by atoms with Crippen molar-refractivity contribution in [3.8, 4) is 0 Å². The van der Waals surface area contributed by atoms with Crippen LogP contribution in [0.5, 0.6) is 0 Å². The van der Waals surface area contributed by atoms with Crippen molar-refractivity contribution in [2.24, 2.45) is 5.10 Å². The molecular formula is C22H20N4O4. The molecule has 8 nitrogen and oxygen atoms in total. The second kappa shape index (κ2) is 8.69. The number of carbonyl (C=O) groups excluding carboxylic acids is 2. The van der Waals surface area contributed by atoms with Gasteiger partial charge in [-0.2, -0.15) is 5.10 Å². The normalized spacial score (nSPS) is 13.3. The van der Waals surface area contributed by atoms with E-state index in [-0.39, 0.29) is 36.7 Å². The van der Waals surface area contributed by atoms with Gasteiger partial charge in [-0.05, 0) is 17.7 Å². The quantitative estimate of drug-likeness (QED) is 0.635. The minimum absolute atomic E-state index is 0.00602. The zero-order valence-corrected chi connectivity index (χ0v) is 16.2. The molecule has 152 valence electrons. The highest BCUT2D eigenvalue weighted by atomic mass is 16.5. The number of aromatic amines is 1. The molecule has 2 heterocycles. The topological polar surface area (TPSA) is 105 Å². The molecule has 0 unspecified atom stereocenters. The van der Waals surface area contributed by atoms with Crippen molar-refractivity contribution in [1.29, 1.82) is 0 Å². The molecule has 1 amide bonds. The van der Waals surface area contributed by atoms with Crippen molar-refractivity contribution < 1.29 is 14.3 Å². The van der Waals surface area contributed by atoms with Crippen LogP contribution >= 0.6 is 0 Å². The average Bonchev–Trinajstić information content (AvgIpc) is 3.27. The molecule has 0 saturated heterocycles. The summed E-state index contributed by atoms with van der Waals surface area (Å²) in [5, 5.41) is 6.24. The highest BCUT2D eigenvalue weighted by Crippen LogP contribution is 2.15. The number of hydrazone groups is 1. The van der Waals surface area contributed by atoms with Crippen molar-refractivity contribution in [2.45, 2.75) is 25.9 Å². The molecule has 4 rings (SSSR count). The number of hydrogen-bond acceptors (Lipinski definition) is 6. The lowest BCUT2D eigenvalue weighted by atomic mass is 10.1. The average molecular weight is 404 g/mol. The van der Waals surface area contributed by atoms with Crippen molar-refractivity contribution >= 4 is 28.5 Å². The Balaban J connectivity index is 1.28. The first-order valence-corrected chi connectivity index (χ1v) is 9.67. The van der Waals surface area contributed by atoms with E-state index in [1.54, 1.807) is 24.3 Å². The van der Waals surface area contributed by atoms with Gasteiger partial charge in [0.05, 0.1) is 29.6 Å². The van der Waals surface area contributed by atoms with Gasteiger partial charge >= 0.3 is 5.97 Å². The third kappa shape index (κ3) is 4.43. The number of nitrogens with one attached hydrogen (secondary N) is 1. The van der Waals surface area contributed by atoms with E-state index in [1.807, 2.05) is 30.3 Å². The number of aromatic nitrogens is 2. The molecule has 0 saturated carbocycles. The number of esters is 1. The Morgan fingerprint density at radius 2 is 1.80 bits per heavy atom. The molecule has 0 radical (unpaired) electrons. The number of H-pyrrole nitrogens is 1. The van der Waals surface area contributed by atoms with Crippen LogP contribution in [0.2, 0.25) is 0 Å². The van der Waals surface area contributed by atoms with E-state index in [4.69, 9.17) is 4.74 Å². The lowest BCUT2D eigenvalue weighted by Crippen LogP contribution is -2.24. The predicted octanol–water partition coefficient (Wildman–Crippen LogP) is 2.38. The molecule has 30 heavy (non-hydrogen) atoms. The van der Waals surface area contributed by atoms with Crippen molar-refractivity contribution in [1.82, 2.24) is 15.0 Å². The first kappa shape index (κ1) is 19.5. The van der Waals surface area contributed by atoms with Crippen LogP contribution in [0.15, 0.2) is 64.5 Å². The number of benzene rings is 2. The van der Waals surface area contributed by atoms with Gasteiger partial charge < -0.3 is 9.72 Å². The largest absolute Gasteiger partial charge is 0.458 e. The first-order valence-electron chi connectivity index (χ1n) is 9.67. The molecule has 0 fully saturated rings. The monoisotopic (exact) mass is 404 g/mol. The summed E-state index contributed by atoms with van der Waals surface area (Å²) < 4.78 is 5.16. The van der Waals surface area contributed by atoms with Gasteiger partial charge in [0.2, 0.25) is 5.91 Å². The predicted molar refractivity (Wildman–Crippen MR) is 111 cm³/mol. The Hall–Kier alpha value is -3.81. The fourth-order valence-electron chi connectivity index (χ4n) is 3.23. The van der Waals surface area contributed by atoms with Crippen LogP contribution in [0.1, 0.15) is 30.7 Å². The summed E-state index contributed by atoms with van der Waals surface area (Å²) in [4.78, 5) is 43.3. The third-order valence-electron chi connectivity index (χ3n) is 4.77. The number of nitrogens with zero attached hydrogens (tertiary/aromatic N) is 3. The molecule has 3 aromatic rings. The number of carbonyl (C=O) groups is 2. The summed E-state index contributed by atoms with van der Waals surface area (Å²) in [7, 11) is 0. The summed E-state index contributed by atoms with van der Waals surface area (Å²) in [6, 6.07) is 16.6. The first-order chi connectivity index (χ1) is 14.6. The Kier molecular flexibility index (Phi) is 5.65. The molecule has 0 atom stereocenters. The van der Waals surface area contributed by atoms with E-state index in [9.17, 15) is 14.4 Å². The van der Waals surface area contributed by atoms with Gasteiger partial charge in [0.1, 0.15) is 12.4 Å². The summed E-state index contributed by atoms with van der Waals surface area (Å²) in [5.74, 6) is -0.504. The highest BCUT2D eigenvalue weighted by Gasteiger charge is 2.22. The van der Waals surface area contributed by atoms with E-state index in [0.29, 0.717) is 23.9 Å². The third-order valence-corrected chi connectivity index (χ3v) is 4.77. The van der Waals surface area contributed by atoms with Crippen LogP contribution < -0.4 is 5.56 Å². The Labute approximate surface area is 172 Å². The maximum absolute atomic E-state index is 12.3. The SMILES string of the molecule is O=C(CCC(=O)N1CCC(c2ccccc2)=N1)OCc1nc2ccccc2c(=O)[nH]1. The van der Waals surface area contributed by atoms with Crippen LogP contribution in [0, 0.1) is 0 Å². The Morgan fingerprint density at radius 1 is 1.03 bits per heavy atom. The van der Waals surface area contributed by atoms with E-state index < -0.39 is 5.97 Å². The maximum Gasteiger partial charge on any atom is 0.306 e. The minimum Gasteiger partial charge on any atom is -0.458 e. The smallest absolute Gasteiger partial charge is 0.306 e. The van der Waals surface area contributed by atoms with E-state index in [1.165, 1.54) is 5.01 Å². The maximum atomic E-state index is 12.3. The van der Waals surface area contributed by atoms with Crippen molar-refractivity contribution in [3.63, 3.8) is 0 Å². The van der Waals surface area contributed by atoms with E-state index >= 15 is 0 Å². The lowest BCUT2D eigenvalue weighted by Gasteiger charge is -2.11. The van der Waals surface area contributed by atoms with Gasteiger partial charge in [-0.15, -0.1) is 0 Å². The highest BCUT2D eigenvalue weighted by molar-refractivity contribution is 6.02. The Bertz CT molecular complexity index is 1170. The molecule has 8 heteroatoms. The van der Waals surface area contributed by atoms with E-state index in [0.717, 1.165) is 11.3 Å². The van der Waals surface area contributed by atoms with Crippen LogP contribution in [0.4, 0.5) is 0 Å². The number of rotatable bonds is 6. The zero-order chi connectivity index (χ0) is 20.9. The molecule has 1 N–H and O–H groups in total. The fraction of sp³-hybridized carbons (Fsp3) is 0.227. The molecule has 0 bridgehead atoms. The van der Waals surface area contributed by atoms with Gasteiger partial charge in [-0.3, -0.25) is 14.4 Å². The van der Waals surface area contributed by atoms with Crippen LogP contribution in [0.3, 0.4) is 0 Å². The van der Waals surface area contributed by atoms with E-state index in [2.05, 4.69) is 15.1 Å². The molecule has 1 aromatic heterocycles. The van der Waals surface area contributed by atoms with Crippen LogP contribution in [-0.4, -0.2) is 39.1 Å². The number of fused-ring (bicyclic) bond motifs is 1. The van der Waals surface area contributed by atoms with Crippen molar-refractivity contribution in [3.05, 3.63) is 76.3 Å². The lowest BCUT2D eigenvalue weighted by molar-refractivity contribution is -0.147.